The summed E-state index contributed by atoms with van der Waals surface area (Å²) in [7, 11) is 0. The van der Waals surface area contributed by atoms with E-state index in [1.54, 1.807) is 0 Å². The number of fused-ring (bicyclic) bond motifs is 3. The first kappa shape index (κ1) is 20.7. The van der Waals surface area contributed by atoms with Gasteiger partial charge in [0.15, 0.2) is 11.6 Å². The molecular weight excluding hydrogens is 350 g/mol. The maximum absolute atomic E-state index is 12.9. The number of carbonyl (C=O) groups is 3. The second-order valence-corrected chi connectivity index (χ2v) is 9.97. The highest BCUT2D eigenvalue weighted by Gasteiger charge is 2.61. The van der Waals surface area contributed by atoms with E-state index in [-0.39, 0.29) is 40.3 Å². The Balaban J connectivity index is 2.15. The zero-order valence-corrected chi connectivity index (χ0v) is 17.7. The molecule has 3 aliphatic carbocycles. The van der Waals surface area contributed by atoms with E-state index >= 15 is 0 Å². The molecule has 0 saturated heterocycles. The van der Waals surface area contributed by atoms with Crippen LogP contribution in [-0.4, -0.2) is 17.9 Å². The lowest BCUT2D eigenvalue weighted by Gasteiger charge is -2.60. The smallest absolute Gasteiger partial charge is 0.178 e. The van der Waals surface area contributed by atoms with E-state index in [1.807, 2.05) is 32.9 Å². The fraction of sp³-hybridized carbons (Fsp3) is 0.667. The van der Waals surface area contributed by atoms with Crippen molar-refractivity contribution in [1.82, 2.24) is 0 Å². The molecule has 5 atom stereocenters. The lowest BCUT2D eigenvalue weighted by atomic mass is 9.42. The molecule has 28 heavy (non-hydrogen) atoms. The van der Waals surface area contributed by atoms with Gasteiger partial charge in [-0.25, -0.2) is 0 Å². The summed E-state index contributed by atoms with van der Waals surface area (Å²) < 4.78 is 0. The Morgan fingerprint density at radius 1 is 1.25 bits per heavy atom. The molecule has 0 N–H and O–H groups in total. The maximum atomic E-state index is 12.9. The number of rotatable bonds is 4. The van der Waals surface area contributed by atoms with E-state index in [1.165, 1.54) is 0 Å². The Bertz CT molecular complexity index is 827. The van der Waals surface area contributed by atoms with Crippen molar-refractivity contribution < 1.29 is 14.4 Å². The van der Waals surface area contributed by atoms with Crippen LogP contribution < -0.4 is 0 Å². The zero-order valence-electron chi connectivity index (χ0n) is 17.7. The van der Waals surface area contributed by atoms with Gasteiger partial charge in [0.25, 0.3) is 0 Å². The van der Waals surface area contributed by atoms with Gasteiger partial charge in [-0.3, -0.25) is 9.59 Å². The molecule has 4 heteroatoms. The molecule has 3 rings (SSSR count). The first-order valence-corrected chi connectivity index (χ1v) is 10.4. The fourth-order valence-electron chi connectivity index (χ4n) is 6.64. The van der Waals surface area contributed by atoms with E-state index in [0.717, 1.165) is 37.5 Å². The summed E-state index contributed by atoms with van der Waals surface area (Å²) in [4.78, 5) is 36.6. The monoisotopic (exact) mass is 381 g/mol. The molecule has 1 fully saturated rings. The van der Waals surface area contributed by atoms with Gasteiger partial charge >= 0.3 is 0 Å². The van der Waals surface area contributed by atoms with Gasteiger partial charge in [0.2, 0.25) is 0 Å². The van der Waals surface area contributed by atoms with E-state index in [2.05, 4.69) is 19.9 Å². The summed E-state index contributed by atoms with van der Waals surface area (Å²) in [5, 5.41) is 9.59. The van der Waals surface area contributed by atoms with E-state index in [0.29, 0.717) is 6.42 Å². The molecular formula is C24H31NO3. The molecule has 0 aromatic rings. The van der Waals surface area contributed by atoms with Crippen LogP contribution in [-0.2, 0) is 14.4 Å². The van der Waals surface area contributed by atoms with Crippen molar-refractivity contribution in [2.45, 2.75) is 66.7 Å². The van der Waals surface area contributed by atoms with Gasteiger partial charge in [-0.1, -0.05) is 46.3 Å². The van der Waals surface area contributed by atoms with Crippen LogP contribution in [0.15, 0.2) is 23.3 Å². The highest BCUT2D eigenvalue weighted by molar-refractivity contribution is 6.04. The minimum Gasteiger partial charge on any atom is -0.303 e. The van der Waals surface area contributed by atoms with Crippen LogP contribution in [0, 0.1) is 45.3 Å². The molecule has 0 amide bonds. The van der Waals surface area contributed by atoms with E-state index in [9.17, 15) is 19.6 Å². The van der Waals surface area contributed by atoms with Crippen LogP contribution in [0.2, 0.25) is 0 Å². The first-order valence-electron chi connectivity index (χ1n) is 10.4. The largest absolute Gasteiger partial charge is 0.303 e. The van der Waals surface area contributed by atoms with E-state index < -0.39 is 10.8 Å². The topological polar surface area (TPSA) is 75.0 Å². The van der Waals surface area contributed by atoms with E-state index in [4.69, 9.17) is 0 Å². The number of ketones is 2. The number of hydrogen-bond donors (Lipinski definition) is 0. The third-order valence-electron chi connectivity index (χ3n) is 8.13. The molecule has 1 saturated carbocycles. The average molecular weight is 382 g/mol. The lowest BCUT2D eigenvalue weighted by Crippen LogP contribution is -2.56. The maximum Gasteiger partial charge on any atom is 0.178 e. The Hall–Kier alpha value is -2.02. The number of Topliss-reactive ketones (excluding diaryl/α,β-unsaturated/α-hetero) is 1. The molecule has 1 unspecified atom stereocenters. The predicted molar refractivity (Wildman–Crippen MR) is 107 cm³/mol. The van der Waals surface area contributed by atoms with Crippen molar-refractivity contribution in [2.75, 3.05) is 0 Å². The molecule has 0 heterocycles. The highest BCUT2D eigenvalue weighted by Crippen LogP contribution is 2.66. The Morgan fingerprint density at radius 3 is 2.54 bits per heavy atom. The van der Waals surface area contributed by atoms with Gasteiger partial charge in [-0.15, -0.1) is 0 Å². The molecule has 0 spiro atoms. The molecule has 0 aromatic carbocycles. The van der Waals surface area contributed by atoms with Crippen LogP contribution >= 0.6 is 0 Å². The molecule has 0 aliphatic heterocycles. The van der Waals surface area contributed by atoms with Gasteiger partial charge in [-0.05, 0) is 49.0 Å². The minimum atomic E-state index is -0.629. The second kappa shape index (κ2) is 6.79. The number of allylic oxidation sites excluding steroid dienone is 4. The molecule has 3 aliphatic rings. The van der Waals surface area contributed by atoms with Gasteiger partial charge in [0.05, 0.1) is 5.57 Å². The van der Waals surface area contributed by atoms with Crippen LogP contribution in [0.1, 0.15) is 66.7 Å². The molecule has 4 nitrogen and oxygen atoms in total. The summed E-state index contributed by atoms with van der Waals surface area (Å²) in [6.07, 6.45) is 8.59. The van der Waals surface area contributed by atoms with Crippen LogP contribution in [0.3, 0.4) is 0 Å². The molecule has 0 radical (unpaired) electrons. The molecule has 150 valence electrons. The van der Waals surface area contributed by atoms with Crippen molar-refractivity contribution in [1.29, 1.82) is 5.26 Å². The van der Waals surface area contributed by atoms with Gasteiger partial charge in [-0.2, -0.15) is 5.26 Å². The van der Waals surface area contributed by atoms with Crippen molar-refractivity contribution in [3.05, 3.63) is 23.3 Å². The van der Waals surface area contributed by atoms with Crippen LogP contribution in [0.5, 0.6) is 0 Å². The average Bonchev–Trinajstić information content (AvgIpc) is 2.63. The Labute approximate surface area is 168 Å². The third-order valence-corrected chi connectivity index (χ3v) is 8.13. The number of carbonyl (C=O) groups excluding carboxylic acids is 3. The van der Waals surface area contributed by atoms with Gasteiger partial charge in [0.1, 0.15) is 12.4 Å². The number of hydrogen-bond acceptors (Lipinski definition) is 4. The van der Waals surface area contributed by atoms with Crippen molar-refractivity contribution >= 4 is 17.9 Å². The summed E-state index contributed by atoms with van der Waals surface area (Å²) in [6, 6.07) is 2.11. The molecule has 0 aromatic heterocycles. The minimum absolute atomic E-state index is 0.0701. The highest BCUT2D eigenvalue weighted by atomic mass is 16.1. The third kappa shape index (κ3) is 2.74. The second-order valence-electron chi connectivity index (χ2n) is 9.97. The summed E-state index contributed by atoms with van der Waals surface area (Å²) in [6.45, 7) is 10.3. The Morgan fingerprint density at radius 2 is 1.93 bits per heavy atom. The van der Waals surface area contributed by atoms with Gasteiger partial charge in [0, 0.05) is 23.2 Å². The number of nitriles is 1. The van der Waals surface area contributed by atoms with Crippen molar-refractivity contribution in [2.24, 2.45) is 34.0 Å². The summed E-state index contributed by atoms with van der Waals surface area (Å²) >= 11 is 0. The predicted octanol–water partition coefficient (Wildman–Crippen LogP) is 4.60. The normalized spacial score (nSPS) is 39.2. The SMILES string of the molecule is C[C@H]1C(=O)C=C2C(C)(CC[C@H]3C(C)(C)C(=O)C(C#N)=C[C@]23C)[C@@H]1CCCC=O. The quantitative estimate of drug-likeness (QED) is 0.527. The fourth-order valence-corrected chi connectivity index (χ4v) is 6.64. The van der Waals surface area contributed by atoms with Crippen LogP contribution in [0.4, 0.5) is 0 Å². The lowest BCUT2D eigenvalue weighted by molar-refractivity contribution is -0.132. The van der Waals surface area contributed by atoms with Crippen LogP contribution in [0.25, 0.3) is 0 Å². The number of unbranched alkanes of at least 4 members (excludes halogenated alkanes) is 1. The summed E-state index contributed by atoms with van der Waals surface area (Å²) in [5.74, 6) is 0.225. The van der Waals surface area contributed by atoms with Crippen molar-refractivity contribution in [3.8, 4) is 6.07 Å². The Kier molecular flexibility index (Phi) is 5.02. The standard InChI is InChI=1S/C24H31NO3/c1-15-17(8-6-7-11-26)23(4)10-9-19-22(2,3)21(28)16(14-25)13-24(19,5)20(23)12-18(15)27/h11-13,15,17,19H,6-10H2,1-5H3/t15-,17-,19+,23?,24+/m1/s1. The van der Waals surface area contributed by atoms with Gasteiger partial charge < -0.3 is 4.79 Å². The molecule has 0 bridgehead atoms. The number of nitrogens with zero attached hydrogens (tertiary/aromatic N) is 1. The zero-order chi connectivity index (χ0) is 20.9. The first-order chi connectivity index (χ1) is 13.0. The number of aldehydes is 1. The summed E-state index contributed by atoms with van der Waals surface area (Å²) in [5.41, 5.74) is 0.0419. The van der Waals surface area contributed by atoms with Crippen molar-refractivity contribution in [3.63, 3.8) is 0 Å².